The Labute approximate surface area is 115 Å². The predicted molar refractivity (Wildman–Crippen MR) is 80.8 cm³/mol. The van der Waals surface area contributed by atoms with Gasteiger partial charge in [-0.3, -0.25) is 0 Å². The highest BCUT2D eigenvalue weighted by atomic mass is 14.2. The van der Waals surface area contributed by atoms with Gasteiger partial charge in [-0.2, -0.15) is 0 Å². The summed E-state index contributed by atoms with van der Waals surface area (Å²) in [7, 11) is 0. The van der Waals surface area contributed by atoms with Crippen molar-refractivity contribution in [3.8, 4) is 0 Å². The molecule has 0 spiro atoms. The van der Waals surface area contributed by atoms with Gasteiger partial charge in [-0.1, -0.05) is 96.8 Å². The summed E-state index contributed by atoms with van der Waals surface area (Å²) in [5, 5.41) is 0. The average molecular weight is 250 g/mol. The van der Waals surface area contributed by atoms with E-state index in [4.69, 9.17) is 0 Å². The molecule has 2 aliphatic carbocycles. The van der Waals surface area contributed by atoms with Crippen LogP contribution in [0.3, 0.4) is 0 Å². The molecule has 1 unspecified atom stereocenters. The van der Waals surface area contributed by atoms with Gasteiger partial charge in [0.25, 0.3) is 0 Å². The van der Waals surface area contributed by atoms with E-state index < -0.39 is 0 Å². The molecule has 2 aliphatic rings. The van der Waals surface area contributed by atoms with Gasteiger partial charge in [-0.25, -0.2) is 0 Å². The topological polar surface area (TPSA) is 0 Å². The van der Waals surface area contributed by atoms with Gasteiger partial charge >= 0.3 is 0 Å². The highest BCUT2D eigenvalue weighted by Crippen LogP contribution is 2.32. The van der Waals surface area contributed by atoms with E-state index in [0.717, 1.165) is 17.8 Å². The predicted octanol–water partition coefficient (Wildman–Crippen LogP) is 6.34. The number of unbranched alkanes of at least 4 members (excludes halogenated alkanes) is 1. The van der Waals surface area contributed by atoms with Crippen molar-refractivity contribution in [3.05, 3.63) is 0 Å². The molecule has 0 aromatic rings. The Hall–Kier alpha value is 0. The second-order valence-electron chi connectivity index (χ2n) is 7.27. The Kier molecular flexibility index (Phi) is 6.59. The molecule has 106 valence electrons. The molecule has 2 fully saturated rings. The molecule has 0 saturated heterocycles. The van der Waals surface area contributed by atoms with Crippen LogP contribution in [0, 0.1) is 17.8 Å². The smallest absolute Gasteiger partial charge is 0.0414 e. The van der Waals surface area contributed by atoms with E-state index >= 15 is 0 Å². The minimum atomic E-state index is 0.995. The fourth-order valence-electron chi connectivity index (χ4n) is 4.19. The van der Waals surface area contributed by atoms with Gasteiger partial charge in [0.1, 0.15) is 0 Å². The van der Waals surface area contributed by atoms with Crippen LogP contribution in [0.1, 0.15) is 96.8 Å². The third-order valence-corrected chi connectivity index (χ3v) is 5.58. The summed E-state index contributed by atoms with van der Waals surface area (Å²) >= 11 is 0. The van der Waals surface area contributed by atoms with Gasteiger partial charge < -0.3 is 0 Å². The van der Waals surface area contributed by atoms with E-state index in [1.54, 1.807) is 0 Å². The van der Waals surface area contributed by atoms with E-state index in [2.05, 4.69) is 6.92 Å². The monoisotopic (exact) mass is 250 g/mol. The summed E-state index contributed by atoms with van der Waals surface area (Å²) in [5.74, 6) is 3.21. The van der Waals surface area contributed by atoms with E-state index in [1.807, 2.05) is 0 Å². The van der Waals surface area contributed by atoms with Crippen molar-refractivity contribution < 1.29 is 0 Å². The van der Waals surface area contributed by atoms with Crippen molar-refractivity contribution in [2.75, 3.05) is 0 Å². The normalized spacial score (nSPS) is 23.8. The maximum absolute atomic E-state index is 2.49. The highest BCUT2D eigenvalue weighted by molar-refractivity contribution is 4.69. The highest BCUT2D eigenvalue weighted by Gasteiger charge is 2.16. The van der Waals surface area contributed by atoms with Gasteiger partial charge in [0.2, 0.25) is 0 Å². The second kappa shape index (κ2) is 8.23. The van der Waals surface area contributed by atoms with E-state index in [0.29, 0.717) is 0 Å². The summed E-state index contributed by atoms with van der Waals surface area (Å²) in [4.78, 5) is 0. The first-order valence-corrected chi connectivity index (χ1v) is 8.84. The van der Waals surface area contributed by atoms with Crippen molar-refractivity contribution in [1.82, 2.24) is 0 Å². The maximum Gasteiger partial charge on any atom is -0.0414 e. The quantitative estimate of drug-likeness (QED) is 0.441. The molecule has 2 rings (SSSR count). The van der Waals surface area contributed by atoms with Crippen molar-refractivity contribution >= 4 is 0 Å². The molecule has 0 bridgehead atoms. The van der Waals surface area contributed by atoms with Crippen LogP contribution in [-0.4, -0.2) is 0 Å². The molecule has 0 heterocycles. The molecule has 0 radical (unpaired) electrons. The maximum atomic E-state index is 2.49. The Bertz CT molecular complexity index is 196. The molecule has 0 aromatic heterocycles. The zero-order chi connectivity index (χ0) is 12.6. The zero-order valence-corrected chi connectivity index (χ0v) is 12.6. The molecule has 2 saturated carbocycles. The van der Waals surface area contributed by atoms with Gasteiger partial charge in [0.15, 0.2) is 0 Å². The SMILES string of the molecule is CC(CCCCC1CCCC1)CCC1CCCC1. The number of rotatable bonds is 8. The molecule has 1 atom stereocenters. The van der Waals surface area contributed by atoms with Crippen molar-refractivity contribution in [3.63, 3.8) is 0 Å². The molecular weight excluding hydrogens is 216 g/mol. The molecule has 0 aliphatic heterocycles. The molecule has 18 heavy (non-hydrogen) atoms. The third kappa shape index (κ3) is 5.33. The largest absolute Gasteiger partial charge is 0.0625 e. The minimum absolute atomic E-state index is 0.995. The fraction of sp³-hybridized carbons (Fsp3) is 1.00. The summed E-state index contributed by atoms with van der Waals surface area (Å²) in [6.45, 7) is 2.49. The summed E-state index contributed by atoms with van der Waals surface area (Å²) in [6.07, 6.45) is 21.3. The summed E-state index contributed by atoms with van der Waals surface area (Å²) < 4.78 is 0. The van der Waals surface area contributed by atoms with Crippen LogP contribution >= 0.6 is 0 Å². The minimum Gasteiger partial charge on any atom is -0.0625 e. The van der Waals surface area contributed by atoms with Crippen LogP contribution in [0.4, 0.5) is 0 Å². The Morgan fingerprint density at radius 1 is 0.722 bits per heavy atom. The molecule has 0 N–H and O–H groups in total. The first-order chi connectivity index (χ1) is 8.84. The number of hydrogen-bond donors (Lipinski definition) is 0. The molecular formula is C18H34. The first kappa shape index (κ1) is 14.4. The van der Waals surface area contributed by atoms with Crippen molar-refractivity contribution in [2.45, 2.75) is 96.8 Å². The Balaban J connectivity index is 1.42. The lowest BCUT2D eigenvalue weighted by atomic mass is 9.91. The Morgan fingerprint density at radius 3 is 1.89 bits per heavy atom. The van der Waals surface area contributed by atoms with Crippen molar-refractivity contribution in [1.29, 1.82) is 0 Å². The molecule has 0 aromatic carbocycles. The van der Waals surface area contributed by atoms with E-state index in [9.17, 15) is 0 Å². The standard InChI is InChI=1S/C18H34/c1-16(14-15-18-12-6-7-13-18)8-2-3-9-17-10-4-5-11-17/h16-18H,2-15H2,1H3. The van der Waals surface area contributed by atoms with E-state index in [1.165, 1.54) is 89.9 Å². The first-order valence-electron chi connectivity index (χ1n) is 8.84. The second-order valence-corrected chi connectivity index (χ2v) is 7.27. The van der Waals surface area contributed by atoms with Crippen LogP contribution in [0.5, 0.6) is 0 Å². The van der Waals surface area contributed by atoms with Crippen molar-refractivity contribution in [2.24, 2.45) is 17.8 Å². The lowest BCUT2D eigenvalue weighted by Gasteiger charge is -2.15. The molecule has 0 amide bonds. The number of hydrogen-bond acceptors (Lipinski definition) is 0. The molecule has 0 nitrogen and oxygen atoms in total. The van der Waals surface area contributed by atoms with E-state index in [-0.39, 0.29) is 0 Å². The lowest BCUT2D eigenvalue weighted by molar-refractivity contribution is 0.379. The van der Waals surface area contributed by atoms with Gasteiger partial charge in [0.05, 0.1) is 0 Å². The molecule has 0 heteroatoms. The summed E-state index contributed by atoms with van der Waals surface area (Å²) in [6, 6.07) is 0. The van der Waals surface area contributed by atoms with Gasteiger partial charge in [-0.05, 0) is 17.8 Å². The zero-order valence-electron chi connectivity index (χ0n) is 12.6. The lowest BCUT2D eigenvalue weighted by Crippen LogP contribution is -2.01. The van der Waals surface area contributed by atoms with Gasteiger partial charge in [0, 0.05) is 0 Å². The van der Waals surface area contributed by atoms with Crippen LogP contribution in [0.2, 0.25) is 0 Å². The van der Waals surface area contributed by atoms with Gasteiger partial charge in [-0.15, -0.1) is 0 Å². The Morgan fingerprint density at radius 2 is 1.28 bits per heavy atom. The summed E-state index contributed by atoms with van der Waals surface area (Å²) in [5.41, 5.74) is 0. The fourth-order valence-corrected chi connectivity index (χ4v) is 4.19. The average Bonchev–Trinajstić information content (AvgIpc) is 3.04. The van der Waals surface area contributed by atoms with Crippen LogP contribution in [0.15, 0.2) is 0 Å². The van der Waals surface area contributed by atoms with Crippen LogP contribution < -0.4 is 0 Å². The van der Waals surface area contributed by atoms with Crippen LogP contribution in [-0.2, 0) is 0 Å². The van der Waals surface area contributed by atoms with Crippen LogP contribution in [0.25, 0.3) is 0 Å². The third-order valence-electron chi connectivity index (χ3n) is 5.58.